The molecule has 0 aliphatic rings. The van der Waals surface area contributed by atoms with Gasteiger partial charge in [0.15, 0.2) is 5.96 Å². The van der Waals surface area contributed by atoms with E-state index in [1.165, 1.54) is 5.56 Å². The van der Waals surface area contributed by atoms with Gasteiger partial charge >= 0.3 is 0 Å². The lowest BCUT2D eigenvalue weighted by molar-refractivity contribution is 0.340. The maximum Gasteiger partial charge on any atom is 0.191 e. The molecule has 0 aliphatic carbocycles. The minimum absolute atomic E-state index is 0.610. The van der Waals surface area contributed by atoms with Gasteiger partial charge in [0.1, 0.15) is 11.5 Å². The number of hydrogen-bond donors (Lipinski definition) is 2. The van der Waals surface area contributed by atoms with E-state index in [-0.39, 0.29) is 0 Å². The number of methoxy groups -OCH3 is 1. The molecule has 0 heterocycles. The molecule has 0 aliphatic heterocycles. The summed E-state index contributed by atoms with van der Waals surface area (Å²) in [6, 6.07) is 16.2. The Morgan fingerprint density at radius 2 is 1.77 bits per heavy atom. The van der Waals surface area contributed by atoms with Crippen molar-refractivity contribution in [3.05, 3.63) is 59.7 Å². The fourth-order valence-electron chi connectivity index (χ4n) is 2.53. The number of aliphatic imine (C=N–C) groups is 1. The van der Waals surface area contributed by atoms with Gasteiger partial charge in [0.25, 0.3) is 0 Å². The van der Waals surface area contributed by atoms with Crippen molar-refractivity contribution in [2.24, 2.45) is 4.99 Å². The average Bonchev–Trinajstić information content (AvgIpc) is 2.67. The van der Waals surface area contributed by atoms with E-state index >= 15 is 0 Å². The zero-order chi connectivity index (χ0) is 18.6. The third kappa shape index (κ3) is 6.67. The van der Waals surface area contributed by atoms with Crippen LogP contribution in [0.3, 0.4) is 0 Å². The van der Waals surface area contributed by atoms with E-state index in [0.29, 0.717) is 13.2 Å². The Balaban J connectivity index is 1.88. The van der Waals surface area contributed by atoms with Crippen molar-refractivity contribution in [3.8, 4) is 11.5 Å². The first kappa shape index (κ1) is 19.6. The zero-order valence-electron chi connectivity index (χ0n) is 15.9. The van der Waals surface area contributed by atoms with Gasteiger partial charge in [0.2, 0.25) is 0 Å². The van der Waals surface area contributed by atoms with E-state index in [9.17, 15) is 0 Å². The van der Waals surface area contributed by atoms with Crippen LogP contribution in [0, 0.1) is 0 Å². The highest BCUT2D eigenvalue weighted by molar-refractivity contribution is 5.79. The third-order valence-electron chi connectivity index (χ3n) is 3.84. The molecule has 0 aromatic heterocycles. The monoisotopic (exact) mass is 355 g/mol. The van der Waals surface area contributed by atoms with Crippen LogP contribution in [0.4, 0.5) is 0 Å². The highest BCUT2D eigenvalue weighted by Gasteiger charge is 2.00. The van der Waals surface area contributed by atoms with Crippen LogP contribution in [0.15, 0.2) is 53.5 Å². The number of rotatable bonds is 9. The Morgan fingerprint density at radius 1 is 0.962 bits per heavy atom. The van der Waals surface area contributed by atoms with E-state index in [2.05, 4.69) is 40.7 Å². The first-order chi connectivity index (χ1) is 12.7. The van der Waals surface area contributed by atoms with Gasteiger partial charge in [-0.25, -0.2) is 4.99 Å². The second-order valence-electron chi connectivity index (χ2n) is 5.80. The summed E-state index contributed by atoms with van der Waals surface area (Å²) in [5.41, 5.74) is 2.39. The van der Waals surface area contributed by atoms with E-state index in [4.69, 9.17) is 9.47 Å². The zero-order valence-corrected chi connectivity index (χ0v) is 15.9. The van der Waals surface area contributed by atoms with Crippen LogP contribution in [0.5, 0.6) is 11.5 Å². The summed E-state index contributed by atoms with van der Waals surface area (Å²) in [5, 5.41) is 6.67. The summed E-state index contributed by atoms with van der Waals surface area (Å²) in [6.07, 6.45) is 0.925. The molecule has 0 amide bonds. The van der Waals surface area contributed by atoms with Crippen LogP contribution >= 0.6 is 0 Å². The molecule has 0 bridgehead atoms. The number of guanidine groups is 1. The molecule has 2 rings (SSSR count). The topological polar surface area (TPSA) is 54.9 Å². The van der Waals surface area contributed by atoms with E-state index in [1.807, 2.05) is 37.3 Å². The van der Waals surface area contributed by atoms with Gasteiger partial charge in [0, 0.05) is 13.1 Å². The highest BCUT2D eigenvalue weighted by Crippen LogP contribution is 2.14. The summed E-state index contributed by atoms with van der Waals surface area (Å²) in [6.45, 7) is 6.97. The van der Waals surface area contributed by atoms with Crippen molar-refractivity contribution in [1.82, 2.24) is 10.6 Å². The number of ether oxygens (including phenoxy) is 2. The van der Waals surface area contributed by atoms with Crippen LogP contribution in [-0.2, 0) is 13.0 Å². The fourth-order valence-corrected chi connectivity index (χ4v) is 2.53. The molecule has 2 aromatic carbocycles. The predicted molar refractivity (Wildman–Crippen MR) is 107 cm³/mol. The molecule has 0 atom stereocenters. The second kappa shape index (κ2) is 11.0. The Labute approximate surface area is 156 Å². The molecule has 2 N–H and O–H groups in total. The first-order valence-corrected chi connectivity index (χ1v) is 9.12. The Bertz CT molecular complexity index is 684. The maximum absolute atomic E-state index is 5.54. The normalized spacial score (nSPS) is 11.1. The van der Waals surface area contributed by atoms with E-state index in [1.54, 1.807) is 7.11 Å². The second-order valence-corrected chi connectivity index (χ2v) is 5.80. The van der Waals surface area contributed by atoms with E-state index in [0.717, 1.165) is 42.5 Å². The van der Waals surface area contributed by atoms with Gasteiger partial charge in [-0.1, -0.05) is 24.3 Å². The SMILES string of the molecule is CCNC(=NCc1cccc(OCC)c1)NCCc1ccc(OC)cc1. The van der Waals surface area contributed by atoms with E-state index < -0.39 is 0 Å². The van der Waals surface area contributed by atoms with Crippen molar-refractivity contribution < 1.29 is 9.47 Å². The Kier molecular flexibility index (Phi) is 8.33. The van der Waals surface area contributed by atoms with Crippen LogP contribution in [-0.4, -0.2) is 32.8 Å². The first-order valence-electron chi connectivity index (χ1n) is 9.12. The largest absolute Gasteiger partial charge is 0.497 e. The Hall–Kier alpha value is -2.69. The molecule has 0 radical (unpaired) electrons. The number of nitrogens with zero attached hydrogens (tertiary/aromatic N) is 1. The maximum atomic E-state index is 5.54. The van der Waals surface area contributed by atoms with Gasteiger partial charge in [0.05, 0.1) is 20.3 Å². The van der Waals surface area contributed by atoms with Crippen LogP contribution < -0.4 is 20.1 Å². The van der Waals surface area contributed by atoms with Crippen molar-refractivity contribution in [3.63, 3.8) is 0 Å². The summed E-state index contributed by atoms with van der Waals surface area (Å²) >= 11 is 0. The smallest absolute Gasteiger partial charge is 0.191 e. The molecule has 0 saturated carbocycles. The molecule has 5 nitrogen and oxygen atoms in total. The highest BCUT2D eigenvalue weighted by atomic mass is 16.5. The molecule has 0 fully saturated rings. The average molecular weight is 355 g/mol. The molecule has 0 spiro atoms. The number of nitrogens with one attached hydrogen (secondary N) is 2. The summed E-state index contributed by atoms with van der Waals surface area (Å²) in [4.78, 5) is 4.66. The number of benzene rings is 2. The molecule has 0 unspecified atom stereocenters. The van der Waals surface area contributed by atoms with Crippen molar-refractivity contribution >= 4 is 5.96 Å². The molecular formula is C21H29N3O2. The van der Waals surface area contributed by atoms with Crippen LogP contribution in [0.2, 0.25) is 0 Å². The minimum Gasteiger partial charge on any atom is -0.497 e. The molecule has 140 valence electrons. The molecular weight excluding hydrogens is 326 g/mol. The predicted octanol–water partition coefficient (Wildman–Crippen LogP) is 3.39. The molecule has 2 aromatic rings. The summed E-state index contributed by atoms with van der Waals surface area (Å²) in [7, 11) is 1.68. The lowest BCUT2D eigenvalue weighted by Crippen LogP contribution is -2.38. The fraction of sp³-hybridized carbons (Fsp3) is 0.381. The molecule has 26 heavy (non-hydrogen) atoms. The quantitative estimate of drug-likeness (QED) is 0.535. The third-order valence-corrected chi connectivity index (χ3v) is 3.84. The van der Waals surface area contributed by atoms with Gasteiger partial charge in [-0.3, -0.25) is 0 Å². The van der Waals surface area contributed by atoms with Gasteiger partial charge < -0.3 is 20.1 Å². The van der Waals surface area contributed by atoms with Gasteiger partial charge in [-0.05, 0) is 55.7 Å². The molecule has 5 heteroatoms. The molecule has 0 saturated heterocycles. The summed E-state index contributed by atoms with van der Waals surface area (Å²) in [5.74, 6) is 2.59. The lowest BCUT2D eigenvalue weighted by Gasteiger charge is -2.12. The standard InChI is InChI=1S/C21H29N3O2/c1-4-22-21(23-14-13-17-9-11-19(25-3)12-10-17)24-16-18-7-6-8-20(15-18)26-5-2/h6-12,15H,4-5,13-14,16H2,1-3H3,(H2,22,23,24). The lowest BCUT2D eigenvalue weighted by atomic mass is 10.1. The Morgan fingerprint density at radius 3 is 2.46 bits per heavy atom. The van der Waals surface area contributed by atoms with Gasteiger partial charge in [-0.2, -0.15) is 0 Å². The van der Waals surface area contributed by atoms with Gasteiger partial charge in [-0.15, -0.1) is 0 Å². The number of hydrogen-bond acceptors (Lipinski definition) is 3. The minimum atomic E-state index is 0.610. The summed E-state index contributed by atoms with van der Waals surface area (Å²) < 4.78 is 10.7. The van der Waals surface area contributed by atoms with Crippen molar-refractivity contribution in [2.45, 2.75) is 26.8 Å². The van der Waals surface area contributed by atoms with Crippen LogP contribution in [0.1, 0.15) is 25.0 Å². The van der Waals surface area contributed by atoms with Crippen molar-refractivity contribution in [1.29, 1.82) is 0 Å². The van der Waals surface area contributed by atoms with Crippen LogP contribution in [0.25, 0.3) is 0 Å². The van der Waals surface area contributed by atoms with Crippen molar-refractivity contribution in [2.75, 3.05) is 26.8 Å².